The zero-order valence-electron chi connectivity index (χ0n) is 12.5. The number of hydrogen-bond donors (Lipinski definition) is 2. The molecular weight excluding hydrogens is 340 g/mol. The summed E-state index contributed by atoms with van der Waals surface area (Å²) in [6.07, 6.45) is 3.55. The Hall–Kier alpha value is -1.81. The van der Waals surface area contributed by atoms with Crippen molar-refractivity contribution in [2.75, 3.05) is 10.6 Å². The molecule has 0 bridgehead atoms. The molecule has 0 aromatic heterocycles. The van der Waals surface area contributed by atoms with E-state index in [4.69, 9.17) is 0 Å². The number of aryl methyl sites for hydroxylation is 2. The Morgan fingerprint density at radius 1 is 1.09 bits per heavy atom. The van der Waals surface area contributed by atoms with Crippen LogP contribution in [0, 0.1) is 0 Å². The largest absolute Gasteiger partial charge is 0.374 e. The van der Waals surface area contributed by atoms with Crippen LogP contribution < -0.4 is 10.6 Å². The normalized spacial score (nSPS) is 14.3. The van der Waals surface area contributed by atoms with Crippen LogP contribution in [0.4, 0.5) is 11.4 Å². The molecule has 0 saturated carbocycles. The van der Waals surface area contributed by atoms with Gasteiger partial charge in [-0.25, -0.2) is 0 Å². The van der Waals surface area contributed by atoms with Gasteiger partial charge in [-0.1, -0.05) is 28.1 Å². The highest BCUT2D eigenvalue weighted by Gasteiger charge is 2.15. The zero-order valence-corrected chi connectivity index (χ0v) is 14.1. The van der Waals surface area contributed by atoms with Gasteiger partial charge in [0, 0.05) is 15.8 Å². The maximum absolute atomic E-state index is 12.3. The molecule has 4 heteroatoms. The van der Waals surface area contributed by atoms with Gasteiger partial charge in [-0.15, -0.1) is 0 Å². The summed E-state index contributed by atoms with van der Waals surface area (Å²) in [5.74, 6) is -0.0430. The van der Waals surface area contributed by atoms with E-state index in [1.165, 1.54) is 24.0 Å². The number of benzene rings is 2. The van der Waals surface area contributed by atoms with Gasteiger partial charge in [0.25, 0.3) is 0 Å². The molecule has 1 aliphatic carbocycles. The van der Waals surface area contributed by atoms with Crippen LogP contribution in [0.25, 0.3) is 0 Å². The fourth-order valence-electron chi connectivity index (χ4n) is 2.79. The molecule has 1 atom stereocenters. The van der Waals surface area contributed by atoms with E-state index in [-0.39, 0.29) is 11.9 Å². The Balaban J connectivity index is 1.63. The Morgan fingerprint density at radius 2 is 1.91 bits per heavy atom. The van der Waals surface area contributed by atoms with E-state index in [1.807, 2.05) is 31.2 Å². The zero-order chi connectivity index (χ0) is 15.5. The number of rotatable bonds is 4. The molecule has 114 valence electrons. The molecule has 0 heterocycles. The topological polar surface area (TPSA) is 41.1 Å². The molecule has 3 rings (SSSR count). The second-order valence-electron chi connectivity index (χ2n) is 5.70. The molecule has 2 N–H and O–H groups in total. The van der Waals surface area contributed by atoms with Gasteiger partial charge in [-0.05, 0) is 67.6 Å². The summed E-state index contributed by atoms with van der Waals surface area (Å²) in [6, 6.07) is 13.7. The van der Waals surface area contributed by atoms with Crippen molar-refractivity contribution < 1.29 is 4.79 Å². The molecule has 0 spiro atoms. The highest BCUT2D eigenvalue weighted by Crippen LogP contribution is 2.25. The first-order valence-electron chi connectivity index (χ1n) is 7.56. The first-order chi connectivity index (χ1) is 10.6. The minimum Gasteiger partial charge on any atom is -0.374 e. The third kappa shape index (κ3) is 3.50. The van der Waals surface area contributed by atoms with E-state index in [9.17, 15) is 4.79 Å². The van der Waals surface area contributed by atoms with Gasteiger partial charge >= 0.3 is 0 Å². The number of carbonyl (C=O) groups is 1. The molecule has 1 amide bonds. The lowest BCUT2D eigenvalue weighted by molar-refractivity contribution is -0.116. The van der Waals surface area contributed by atoms with Gasteiger partial charge in [0.05, 0.1) is 0 Å². The molecule has 0 aliphatic heterocycles. The molecule has 0 saturated heterocycles. The Kier molecular flexibility index (Phi) is 4.48. The minimum absolute atomic E-state index is 0.0430. The molecule has 3 nitrogen and oxygen atoms in total. The third-order valence-corrected chi connectivity index (χ3v) is 4.46. The van der Waals surface area contributed by atoms with Crippen LogP contribution >= 0.6 is 15.9 Å². The highest BCUT2D eigenvalue weighted by atomic mass is 79.9. The van der Waals surface area contributed by atoms with E-state index in [0.29, 0.717) is 0 Å². The summed E-state index contributed by atoms with van der Waals surface area (Å²) in [5, 5.41) is 6.21. The summed E-state index contributed by atoms with van der Waals surface area (Å²) < 4.78 is 0.949. The fraction of sp³-hybridized carbons (Fsp3) is 0.278. The van der Waals surface area contributed by atoms with Crippen LogP contribution in [-0.4, -0.2) is 11.9 Å². The van der Waals surface area contributed by atoms with E-state index in [2.05, 4.69) is 44.8 Å². The molecule has 0 radical (unpaired) electrons. The average molecular weight is 359 g/mol. The summed E-state index contributed by atoms with van der Waals surface area (Å²) in [7, 11) is 0. The van der Waals surface area contributed by atoms with Gasteiger partial charge < -0.3 is 10.6 Å². The number of fused-ring (bicyclic) bond motifs is 1. The molecule has 0 unspecified atom stereocenters. The van der Waals surface area contributed by atoms with Crippen LogP contribution in [0.3, 0.4) is 0 Å². The fourth-order valence-corrected chi connectivity index (χ4v) is 3.19. The number of hydrogen-bond acceptors (Lipinski definition) is 2. The highest BCUT2D eigenvalue weighted by molar-refractivity contribution is 9.10. The van der Waals surface area contributed by atoms with Crippen molar-refractivity contribution in [1.82, 2.24) is 0 Å². The van der Waals surface area contributed by atoms with Crippen molar-refractivity contribution >= 4 is 33.2 Å². The van der Waals surface area contributed by atoms with Crippen LogP contribution in [-0.2, 0) is 17.6 Å². The number of carbonyl (C=O) groups excluding carboxylic acids is 1. The third-order valence-electron chi connectivity index (χ3n) is 3.97. The lowest BCUT2D eigenvalue weighted by Gasteiger charge is -2.16. The number of halogens is 1. The van der Waals surface area contributed by atoms with Crippen molar-refractivity contribution in [3.05, 3.63) is 58.1 Å². The number of anilines is 2. The van der Waals surface area contributed by atoms with Gasteiger partial charge in [0.1, 0.15) is 6.04 Å². The predicted octanol–water partition coefficient (Wildman–Crippen LogP) is 4.38. The molecule has 2 aromatic rings. The van der Waals surface area contributed by atoms with Crippen molar-refractivity contribution in [2.45, 2.75) is 32.2 Å². The van der Waals surface area contributed by atoms with Gasteiger partial charge in [-0.2, -0.15) is 0 Å². The average Bonchev–Trinajstić information content (AvgIpc) is 2.94. The van der Waals surface area contributed by atoms with Crippen LogP contribution in [0.5, 0.6) is 0 Å². The smallest absolute Gasteiger partial charge is 0.246 e. The van der Waals surface area contributed by atoms with Crippen molar-refractivity contribution in [3.63, 3.8) is 0 Å². The summed E-state index contributed by atoms with van der Waals surface area (Å²) >= 11 is 3.40. The first-order valence-corrected chi connectivity index (χ1v) is 8.36. The minimum atomic E-state index is -0.293. The van der Waals surface area contributed by atoms with Crippen LogP contribution in [0.2, 0.25) is 0 Å². The summed E-state index contributed by atoms with van der Waals surface area (Å²) in [5.41, 5.74) is 4.65. The maximum Gasteiger partial charge on any atom is 0.246 e. The number of amides is 1. The quantitative estimate of drug-likeness (QED) is 0.851. The monoisotopic (exact) mass is 358 g/mol. The molecule has 0 fully saturated rings. The second-order valence-corrected chi connectivity index (χ2v) is 6.62. The molecular formula is C18H19BrN2O. The van der Waals surface area contributed by atoms with Crippen molar-refractivity contribution in [2.24, 2.45) is 0 Å². The lowest BCUT2D eigenvalue weighted by Crippen LogP contribution is -2.31. The standard InChI is InChI=1S/C18H19BrN2O/c1-12(18(22)21-16-7-3-6-15(19)11-16)20-17-9-8-13-4-2-5-14(13)10-17/h3,6-12,20H,2,4-5H2,1H3,(H,21,22)/t12-/m1/s1. The van der Waals surface area contributed by atoms with E-state index >= 15 is 0 Å². The van der Waals surface area contributed by atoms with Crippen LogP contribution in [0.1, 0.15) is 24.5 Å². The van der Waals surface area contributed by atoms with E-state index in [0.717, 1.165) is 22.3 Å². The Labute approximate surface area is 139 Å². The lowest BCUT2D eigenvalue weighted by atomic mass is 10.1. The second kappa shape index (κ2) is 6.53. The maximum atomic E-state index is 12.3. The van der Waals surface area contributed by atoms with E-state index in [1.54, 1.807) is 0 Å². The Bertz CT molecular complexity index is 699. The van der Waals surface area contributed by atoms with Crippen molar-refractivity contribution in [1.29, 1.82) is 0 Å². The molecule has 1 aliphatic rings. The van der Waals surface area contributed by atoms with Gasteiger partial charge in [0.15, 0.2) is 0 Å². The van der Waals surface area contributed by atoms with Gasteiger partial charge in [-0.3, -0.25) is 4.79 Å². The summed E-state index contributed by atoms with van der Waals surface area (Å²) in [4.78, 5) is 12.3. The van der Waals surface area contributed by atoms with Crippen molar-refractivity contribution in [3.8, 4) is 0 Å². The molecule has 2 aromatic carbocycles. The van der Waals surface area contributed by atoms with E-state index < -0.39 is 0 Å². The number of nitrogens with one attached hydrogen (secondary N) is 2. The first kappa shape index (κ1) is 15.1. The Morgan fingerprint density at radius 3 is 2.73 bits per heavy atom. The SMILES string of the molecule is C[C@@H](Nc1ccc2c(c1)CCC2)C(=O)Nc1cccc(Br)c1. The predicted molar refractivity (Wildman–Crippen MR) is 94.3 cm³/mol. The molecule has 22 heavy (non-hydrogen) atoms. The van der Waals surface area contributed by atoms with Gasteiger partial charge in [0.2, 0.25) is 5.91 Å². The summed E-state index contributed by atoms with van der Waals surface area (Å²) in [6.45, 7) is 1.88. The van der Waals surface area contributed by atoms with Crippen LogP contribution in [0.15, 0.2) is 46.9 Å².